The molecule has 0 aliphatic carbocycles. The average Bonchev–Trinajstić information content (AvgIpc) is 3.07. The summed E-state index contributed by atoms with van der Waals surface area (Å²) in [6, 6.07) is 5.66. The zero-order chi connectivity index (χ0) is 19.2. The van der Waals surface area contributed by atoms with Crippen LogP contribution in [0.15, 0.2) is 29.4 Å². The maximum Gasteiger partial charge on any atom is 0.238 e. The van der Waals surface area contributed by atoms with Gasteiger partial charge in [0.1, 0.15) is 11.6 Å². The molecule has 3 rings (SSSR count). The van der Waals surface area contributed by atoms with Crippen LogP contribution in [0.2, 0.25) is 0 Å². The molecule has 1 aliphatic rings. The number of anilines is 1. The standard InChI is InChI=1S/C17H21FN6O2S/c1-12-19-17(22-21-12)27-11-16(26)24-8-6-23(7-9-24)10-15(25)20-14-4-2-13(18)3-5-14/h2-5H,6-11H2,1H3,(H,20,25)(H,19,21,22). The van der Waals surface area contributed by atoms with E-state index < -0.39 is 0 Å². The maximum atomic E-state index is 12.9. The lowest BCUT2D eigenvalue weighted by Crippen LogP contribution is -2.50. The van der Waals surface area contributed by atoms with Gasteiger partial charge in [-0.1, -0.05) is 11.8 Å². The number of aryl methyl sites for hydroxylation is 1. The molecule has 2 aromatic rings. The van der Waals surface area contributed by atoms with Crippen molar-refractivity contribution >= 4 is 29.3 Å². The van der Waals surface area contributed by atoms with Gasteiger partial charge >= 0.3 is 0 Å². The van der Waals surface area contributed by atoms with Crippen LogP contribution in [0.1, 0.15) is 5.82 Å². The topological polar surface area (TPSA) is 94.2 Å². The fourth-order valence-corrected chi connectivity index (χ4v) is 3.44. The first-order valence-corrected chi connectivity index (χ1v) is 9.55. The fraction of sp³-hybridized carbons (Fsp3) is 0.412. The average molecular weight is 392 g/mol. The number of H-pyrrole nitrogens is 1. The monoisotopic (exact) mass is 392 g/mol. The number of piperazine rings is 1. The summed E-state index contributed by atoms with van der Waals surface area (Å²) in [5, 5.41) is 10.1. The Labute approximate surface area is 160 Å². The molecule has 2 N–H and O–H groups in total. The normalized spacial score (nSPS) is 15.0. The lowest BCUT2D eigenvalue weighted by atomic mass is 10.3. The number of hydrogen-bond donors (Lipinski definition) is 2. The van der Waals surface area contributed by atoms with Crippen LogP contribution in [0, 0.1) is 12.7 Å². The van der Waals surface area contributed by atoms with Gasteiger partial charge in [-0.3, -0.25) is 19.6 Å². The molecule has 0 bridgehead atoms. The second-order valence-electron chi connectivity index (χ2n) is 6.20. The van der Waals surface area contributed by atoms with Crippen molar-refractivity contribution in [2.24, 2.45) is 0 Å². The van der Waals surface area contributed by atoms with E-state index in [-0.39, 0.29) is 24.2 Å². The summed E-state index contributed by atoms with van der Waals surface area (Å²) in [6.07, 6.45) is 0. The van der Waals surface area contributed by atoms with Crippen LogP contribution < -0.4 is 5.32 Å². The highest BCUT2D eigenvalue weighted by molar-refractivity contribution is 7.99. The molecule has 1 aromatic carbocycles. The Hall–Kier alpha value is -2.46. The molecule has 0 saturated carbocycles. The van der Waals surface area contributed by atoms with Crippen LogP contribution in [0.5, 0.6) is 0 Å². The van der Waals surface area contributed by atoms with E-state index in [4.69, 9.17) is 0 Å². The van der Waals surface area contributed by atoms with Crippen molar-refractivity contribution in [1.29, 1.82) is 0 Å². The molecular formula is C17H21FN6O2S. The number of benzene rings is 1. The van der Waals surface area contributed by atoms with Crippen LogP contribution in [-0.4, -0.2) is 75.3 Å². The van der Waals surface area contributed by atoms with E-state index in [1.807, 2.05) is 11.8 Å². The molecule has 1 fully saturated rings. The smallest absolute Gasteiger partial charge is 0.238 e. The molecule has 0 atom stereocenters. The molecule has 1 saturated heterocycles. The van der Waals surface area contributed by atoms with Crippen molar-refractivity contribution in [3.8, 4) is 0 Å². The fourth-order valence-electron chi connectivity index (χ4n) is 2.70. The summed E-state index contributed by atoms with van der Waals surface area (Å²) in [7, 11) is 0. The van der Waals surface area contributed by atoms with Crippen molar-refractivity contribution in [1.82, 2.24) is 25.0 Å². The zero-order valence-corrected chi connectivity index (χ0v) is 15.8. The molecule has 1 aliphatic heterocycles. The minimum absolute atomic E-state index is 0.0397. The quantitative estimate of drug-likeness (QED) is 0.716. The van der Waals surface area contributed by atoms with Gasteiger partial charge in [-0.05, 0) is 31.2 Å². The van der Waals surface area contributed by atoms with E-state index in [0.29, 0.717) is 42.8 Å². The summed E-state index contributed by atoms with van der Waals surface area (Å²) in [6.45, 7) is 4.47. The number of hydrogen-bond acceptors (Lipinski definition) is 6. The van der Waals surface area contributed by atoms with Crippen LogP contribution >= 0.6 is 11.8 Å². The summed E-state index contributed by atoms with van der Waals surface area (Å²) in [5.74, 6) is 0.555. The Morgan fingerprint density at radius 1 is 1.22 bits per heavy atom. The van der Waals surface area contributed by atoms with Crippen LogP contribution in [-0.2, 0) is 9.59 Å². The van der Waals surface area contributed by atoms with Gasteiger partial charge in [-0.15, -0.1) is 5.10 Å². The van der Waals surface area contributed by atoms with Gasteiger partial charge in [0.15, 0.2) is 0 Å². The minimum Gasteiger partial charge on any atom is -0.339 e. The Kier molecular flexibility index (Phi) is 6.40. The predicted octanol–water partition coefficient (Wildman–Crippen LogP) is 1.13. The van der Waals surface area contributed by atoms with Crippen LogP contribution in [0.3, 0.4) is 0 Å². The lowest BCUT2D eigenvalue weighted by Gasteiger charge is -2.34. The molecule has 1 aromatic heterocycles. The van der Waals surface area contributed by atoms with Crippen molar-refractivity contribution < 1.29 is 14.0 Å². The molecule has 0 spiro atoms. The number of carbonyl (C=O) groups excluding carboxylic acids is 2. The van der Waals surface area contributed by atoms with E-state index in [1.165, 1.54) is 36.0 Å². The van der Waals surface area contributed by atoms with E-state index in [2.05, 4.69) is 20.5 Å². The number of nitrogens with zero attached hydrogens (tertiary/aromatic N) is 4. The number of aromatic nitrogens is 3. The van der Waals surface area contributed by atoms with Crippen molar-refractivity contribution in [2.75, 3.05) is 43.8 Å². The Morgan fingerprint density at radius 2 is 1.93 bits per heavy atom. The summed E-state index contributed by atoms with van der Waals surface area (Å²) in [4.78, 5) is 32.3. The highest BCUT2D eigenvalue weighted by Crippen LogP contribution is 2.14. The predicted molar refractivity (Wildman–Crippen MR) is 99.9 cm³/mol. The molecule has 144 valence electrons. The first kappa shape index (κ1) is 19.3. The highest BCUT2D eigenvalue weighted by Gasteiger charge is 2.22. The highest BCUT2D eigenvalue weighted by atomic mass is 32.2. The van der Waals surface area contributed by atoms with Gasteiger partial charge in [-0.2, -0.15) is 0 Å². The first-order valence-electron chi connectivity index (χ1n) is 8.57. The molecule has 8 nitrogen and oxygen atoms in total. The SMILES string of the molecule is Cc1nc(SCC(=O)N2CCN(CC(=O)Nc3ccc(F)cc3)CC2)n[nH]1. The third kappa shape index (κ3) is 5.76. The summed E-state index contributed by atoms with van der Waals surface area (Å²) in [5.41, 5.74) is 0.564. The maximum absolute atomic E-state index is 12.9. The molecule has 0 radical (unpaired) electrons. The number of halogens is 1. The summed E-state index contributed by atoms with van der Waals surface area (Å²) >= 11 is 1.31. The molecule has 10 heteroatoms. The van der Waals surface area contributed by atoms with Crippen molar-refractivity contribution in [3.05, 3.63) is 35.9 Å². The third-order valence-electron chi connectivity index (χ3n) is 4.12. The molecule has 2 amide bonds. The van der Waals surface area contributed by atoms with Crippen molar-refractivity contribution in [2.45, 2.75) is 12.1 Å². The lowest BCUT2D eigenvalue weighted by molar-refractivity contribution is -0.130. The third-order valence-corrected chi connectivity index (χ3v) is 4.95. The van der Waals surface area contributed by atoms with Gasteiger partial charge < -0.3 is 10.2 Å². The van der Waals surface area contributed by atoms with Gasteiger partial charge in [0.2, 0.25) is 17.0 Å². The van der Waals surface area contributed by atoms with Gasteiger partial charge in [0, 0.05) is 31.9 Å². The Balaban J connectivity index is 1.38. The minimum atomic E-state index is -0.342. The summed E-state index contributed by atoms with van der Waals surface area (Å²) < 4.78 is 12.9. The second-order valence-corrected chi connectivity index (χ2v) is 7.15. The van der Waals surface area contributed by atoms with E-state index in [0.717, 1.165) is 5.82 Å². The van der Waals surface area contributed by atoms with E-state index in [1.54, 1.807) is 4.90 Å². The number of rotatable bonds is 6. The van der Waals surface area contributed by atoms with E-state index in [9.17, 15) is 14.0 Å². The van der Waals surface area contributed by atoms with Gasteiger partial charge in [0.25, 0.3) is 0 Å². The van der Waals surface area contributed by atoms with Crippen LogP contribution in [0.4, 0.5) is 10.1 Å². The zero-order valence-electron chi connectivity index (χ0n) is 14.9. The number of nitrogens with one attached hydrogen (secondary N) is 2. The number of aromatic amines is 1. The second kappa shape index (κ2) is 8.96. The number of amides is 2. The largest absolute Gasteiger partial charge is 0.339 e. The van der Waals surface area contributed by atoms with Crippen LogP contribution in [0.25, 0.3) is 0 Å². The Bertz CT molecular complexity index is 789. The molecule has 27 heavy (non-hydrogen) atoms. The Morgan fingerprint density at radius 3 is 2.56 bits per heavy atom. The molecular weight excluding hydrogens is 371 g/mol. The van der Waals surface area contributed by atoms with E-state index >= 15 is 0 Å². The van der Waals surface area contributed by atoms with Gasteiger partial charge in [-0.25, -0.2) is 9.37 Å². The number of carbonyl (C=O) groups is 2. The number of thioether (sulfide) groups is 1. The van der Waals surface area contributed by atoms with Gasteiger partial charge in [0.05, 0.1) is 12.3 Å². The first-order chi connectivity index (χ1) is 13.0. The molecule has 2 heterocycles. The molecule has 0 unspecified atom stereocenters. The van der Waals surface area contributed by atoms with Crippen molar-refractivity contribution in [3.63, 3.8) is 0 Å².